The van der Waals surface area contributed by atoms with Crippen molar-refractivity contribution in [3.8, 4) is 0 Å². The molecule has 0 bridgehead atoms. The summed E-state index contributed by atoms with van der Waals surface area (Å²) in [5, 5.41) is 11.3. The lowest BCUT2D eigenvalue weighted by Gasteiger charge is -2.18. The van der Waals surface area contributed by atoms with Crippen LogP contribution in [0, 0.1) is 6.92 Å². The van der Waals surface area contributed by atoms with E-state index >= 15 is 0 Å². The highest BCUT2D eigenvalue weighted by atomic mass is 16.2. The van der Waals surface area contributed by atoms with Crippen molar-refractivity contribution in [2.75, 3.05) is 18.2 Å². The zero-order chi connectivity index (χ0) is 14.4. The maximum absolute atomic E-state index is 9.08. The Bertz CT molecular complexity index is 540. The predicted molar refractivity (Wildman–Crippen MR) is 81.6 cm³/mol. The van der Waals surface area contributed by atoms with E-state index in [2.05, 4.69) is 66.1 Å². The van der Waals surface area contributed by atoms with Crippen LogP contribution in [0.3, 0.4) is 0 Å². The largest absolute Gasteiger partial charge is 0.396 e. The van der Waals surface area contributed by atoms with E-state index in [1.165, 1.54) is 16.9 Å². The van der Waals surface area contributed by atoms with E-state index in [4.69, 9.17) is 5.11 Å². The number of aromatic nitrogens is 1. The summed E-state index contributed by atoms with van der Waals surface area (Å²) in [7, 11) is 0. The molecule has 0 fully saturated rings. The highest BCUT2D eigenvalue weighted by Gasteiger charge is 2.19. The van der Waals surface area contributed by atoms with Crippen molar-refractivity contribution in [3.05, 3.63) is 59.9 Å². The highest BCUT2D eigenvalue weighted by molar-refractivity contribution is 5.42. The van der Waals surface area contributed by atoms with Gasteiger partial charge in [-0.05, 0) is 38.0 Å². The van der Waals surface area contributed by atoms with Crippen LogP contribution in [0.1, 0.15) is 24.6 Å². The van der Waals surface area contributed by atoms with E-state index in [1.807, 2.05) is 6.07 Å². The van der Waals surface area contributed by atoms with Crippen molar-refractivity contribution in [2.24, 2.45) is 0 Å². The first kappa shape index (κ1) is 14.5. The number of anilines is 1. The number of hydrogen-bond acceptors (Lipinski definition) is 2. The Balaban J connectivity index is 2.38. The second-order valence-corrected chi connectivity index (χ2v) is 4.92. The summed E-state index contributed by atoms with van der Waals surface area (Å²) in [6, 6.07) is 14.7. The lowest BCUT2D eigenvalue weighted by Crippen LogP contribution is -2.57. The smallest absolute Gasteiger partial charge is 0.212 e. The highest BCUT2D eigenvalue weighted by Crippen LogP contribution is 2.12. The molecule has 3 heteroatoms. The summed E-state index contributed by atoms with van der Waals surface area (Å²) in [5.74, 6) is 0. The number of pyridine rings is 1. The first-order valence-corrected chi connectivity index (χ1v) is 7.21. The molecular weight excluding hydrogens is 248 g/mol. The van der Waals surface area contributed by atoms with Crippen LogP contribution in [0.15, 0.2) is 48.7 Å². The van der Waals surface area contributed by atoms with Crippen molar-refractivity contribution in [1.82, 2.24) is 0 Å². The molecule has 1 heterocycles. The molecular formula is C17H23N2O+. The lowest BCUT2D eigenvalue weighted by molar-refractivity contribution is -0.691. The molecule has 0 aliphatic carbocycles. The van der Waals surface area contributed by atoms with Crippen LogP contribution in [0.2, 0.25) is 0 Å². The fraction of sp³-hybridized carbons (Fsp3) is 0.353. The zero-order valence-electron chi connectivity index (χ0n) is 12.3. The van der Waals surface area contributed by atoms with Crippen molar-refractivity contribution in [3.63, 3.8) is 0 Å². The van der Waals surface area contributed by atoms with Gasteiger partial charge >= 0.3 is 0 Å². The summed E-state index contributed by atoms with van der Waals surface area (Å²) in [6.45, 7) is 5.37. The van der Waals surface area contributed by atoms with Crippen LogP contribution in [0.5, 0.6) is 0 Å². The first-order chi connectivity index (χ1) is 9.76. The van der Waals surface area contributed by atoms with E-state index in [0.29, 0.717) is 0 Å². The van der Waals surface area contributed by atoms with E-state index in [0.717, 1.165) is 19.4 Å². The Hall–Kier alpha value is -1.87. The SMILES string of the molecule is CCN(c1ccccc1)[n+]1ccc(C)cc1CCCO. The molecule has 1 aromatic carbocycles. The number of aryl methyl sites for hydroxylation is 2. The van der Waals surface area contributed by atoms with Crippen molar-refractivity contribution < 1.29 is 9.78 Å². The van der Waals surface area contributed by atoms with Crippen molar-refractivity contribution >= 4 is 5.69 Å². The molecule has 0 atom stereocenters. The van der Waals surface area contributed by atoms with Gasteiger partial charge in [-0.25, -0.2) is 0 Å². The second kappa shape index (κ2) is 7.06. The Morgan fingerprint density at radius 1 is 1.15 bits per heavy atom. The number of para-hydroxylation sites is 1. The van der Waals surface area contributed by atoms with Gasteiger partial charge < -0.3 is 5.11 Å². The number of aliphatic hydroxyl groups is 1. The minimum Gasteiger partial charge on any atom is -0.396 e. The van der Waals surface area contributed by atoms with Gasteiger partial charge in [0.2, 0.25) is 11.9 Å². The normalized spacial score (nSPS) is 10.6. The number of nitrogens with zero attached hydrogens (tertiary/aromatic N) is 2. The van der Waals surface area contributed by atoms with Gasteiger partial charge in [0.15, 0.2) is 0 Å². The number of hydrogen-bond donors (Lipinski definition) is 1. The van der Waals surface area contributed by atoms with E-state index in [1.54, 1.807) is 0 Å². The van der Waals surface area contributed by atoms with Crippen LogP contribution < -0.4 is 9.69 Å². The predicted octanol–water partition coefficient (Wildman–Crippen LogP) is 2.50. The Morgan fingerprint density at radius 3 is 2.55 bits per heavy atom. The summed E-state index contributed by atoms with van der Waals surface area (Å²) in [5.41, 5.74) is 3.65. The molecule has 0 unspecified atom stereocenters. The quantitative estimate of drug-likeness (QED) is 0.817. The number of aliphatic hydroxyl groups excluding tert-OH is 1. The van der Waals surface area contributed by atoms with E-state index in [9.17, 15) is 0 Å². The molecule has 0 aliphatic rings. The Kier molecular flexibility index (Phi) is 5.13. The van der Waals surface area contributed by atoms with Gasteiger partial charge in [-0.2, -0.15) is 0 Å². The van der Waals surface area contributed by atoms with Crippen LogP contribution in [0.25, 0.3) is 0 Å². The number of benzene rings is 1. The molecule has 0 spiro atoms. The lowest BCUT2D eigenvalue weighted by atomic mass is 10.2. The average molecular weight is 271 g/mol. The maximum atomic E-state index is 9.08. The monoisotopic (exact) mass is 271 g/mol. The van der Waals surface area contributed by atoms with Crippen molar-refractivity contribution in [2.45, 2.75) is 26.7 Å². The molecule has 3 nitrogen and oxygen atoms in total. The Labute approximate surface area is 121 Å². The Morgan fingerprint density at radius 2 is 1.90 bits per heavy atom. The van der Waals surface area contributed by atoms with Crippen LogP contribution in [-0.2, 0) is 6.42 Å². The second-order valence-electron chi connectivity index (χ2n) is 4.92. The van der Waals surface area contributed by atoms with Gasteiger partial charge in [0.05, 0.1) is 12.2 Å². The molecule has 2 rings (SSSR count). The zero-order valence-corrected chi connectivity index (χ0v) is 12.3. The molecule has 1 N–H and O–H groups in total. The molecule has 1 aromatic heterocycles. The van der Waals surface area contributed by atoms with Crippen LogP contribution in [-0.4, -0.2) is 18.3 Å². The molecule has 0 aliphatic heterocycles. The van der Waals surface area contributed by atoms with Gasteiger partial charge in [0.25, 0.3) is 0 Å². The minimum atomic E-state index is 0.228. The average Bonchev–Trinajstić information content (AvgIpc) is 2.49. The third-order valence-corrected chi connectivity index (χ3v) is 3.37. The van der Waals surface area contributed by atoms with Crippen LogP contribution in [0.4, 0.5) is 5.69 Å². The van der Waals surface area contributed by atoms with Gasteiger partial charge in [-0.3, -0.25) is 0 Å². The van der Waals surface area contributed by atoms with Crippen LogP contribution >= 0.6 is 0 Å². The third-order valence-electron chi connectivity index (χ3n) is 3.37. The van der Waals surface area contributed by atoms with E-state index in [-0.39, 0.29) is 6.61 Å². The molecule has 20 heavy (non-hydrogen) atoms. The fourth-order valence-electron chi connectivity index (χ4n) is 2.40. The topological polar surface area (TPSA) is 27.4 Å². The van der Waals surface area contributed by atoms with Gasteiger partial charge in [0.1, 0.15) is 0 Å². The van der Waals surface area contributed by atoms with Gasteiger partial charge in [-0.15, -0.1) is 5.01 Å². The summed E-state index contributed by atoms with van der Waals surface area (Å²) < 4.78 is 2.19. The van der Waals surface area contributed by atoms with Gasteiger partial charge in [-0.1, -0.05) is 22.9 Å². The first-order valence-electron chi connectivity index (χ1n) is 7.21. The summed E-state index contributed by atoms with van der Waals surface area (Å²) >= 11 is 0. The molecule has 0 amide bonds. The number of rotatable bonds is 6. The fourth-order valence-corrected chi connectivity index (χ4v) is 2.40. The maximum Gasteiger partial charge on any atom is 0.212 e. The molecule has 106 valence electrons. The molecule has 0 radical (unpaired) electrons. The molecule has 0 saturated heterocycles. The summed E-state index contributed by atoms with van der Waals surface area (Å²) in [4.78, 5) is 0. The minimum absolute atomic E-state index is 0.228. The molecule has 2 aromatic rings. The van der Waals surface area contributed by atoms with Gasteiger partial charge in [0, 0.05) is 25.2 Å². The standard InChI is InChI=1S/C17H23N2O/c1-3-18(16-8-5-4-6-9-16)19-12-11-15(2)14-17(19)10-7-13-20/h4-6,8-9,11-12,14,20H,3,7,10,13H2,1-2H3/q+1. The summed E-state index contributed by atoms with van der Waals surface area (Å²) in [6.07, 6.45) is 3.77. The van der Waals surface area contributed by atoms with Crippen molar-refractivity contribution in [1.29, 1.82) is 0 Å². The molecule has 0 saturated carbocycles. The third kappa shape index (κ3) is 3.36. The van der Waals surface area contributed by atoms with E-state index < -0.39 is 0 Å².